The van der Waals surface area contributed by atoms with Crippen LogP contribution in [0.3, 0.4) is 0 Å². The van der Waals surface area contributed by atoms with E-state index in [0.717, 1.165) is 0 Å². The van der Waals surface area contributed by atoms with Crippen LogP contribution < -0.4 is 0 Å². The van der Waals surface area contributed by atoms with E-state index in [4.69, 9.17) is 11.6 Å². The fourth-order valence-electron chi connectivity index (χ4n) is 0.745. The molecule has 0 radical (unpaired) electrons. The van der Waals surface area contributed by atoms with Crippen LogP contribution in [0.4, 0.5) is 0 Å². The van der Waals surface area contributed by atoms with Crippen LogP contribution in [0.15, 0.2) is 20.0 Å². The first-order chi connectivity index (χ1) is 4.81. The van der Waals surface area contributed by atoms with Crippen molar-refractivity contribution in [3.8, 4) is 0 Å². The molecule has 2 rings (SSSR count). The van der Waals surface area contributed by atoms with Crippen molar-refractivity contribution in [2.45, 2.75) is 5.12 Å². The summed E-state index contributed by atoms with van der Waals surface area (Å²) < 4.78 is 0. The minimum Gasteiger partial charge on any atom is -0.243 e. The molecule has 0 aliphatic carbocycles. The Labute approximate surface area is 62.1 Å². The van der Waals surface area contributed by atoms with E-state index in [0.29, 0.717) is 5.71 Å². The highest BCUT2D eigenvalue weighted by Gasteiger charge is 2.34. The van der Waals surface area contributed by atoms with Gasteiger partial charge in [-0.25, -0.2) is 20.0 Å². The summed E-state index contributed by atoms with van der Waals surface area (Å²) in [5, 5.41) is -0.998. The molecule has 2 aliphatic heterocycles. The summed E-state index contributed by atoms with van der Waals surface area (Å²) in [6, 6.07) is 0. The van der Waals surface area contributed by atoms with Crippen molar-refractivity contribution < 1.29 is 0 Å². The lowest BCUT2D eigenvalue weighted by atomic mass is 10.3. The highest BCUT2D eigenvalue weighted by atomic mass is 35.5. The van der Waals surface area contributed by atoms with E-state index in [9.17, 15) is 0 Å². The number of nitrogens with zero attached hydrogens (tertiary/aromatic N) is 4. The van der Waals surface area contributed by atoms with Crippen molar-refractivity contribution in [1.82, 2.24) is 0 Å². The molecule has 5 heteroatoms. The van der Waals surface area contributed by atoms with Gasteiger partial charge in [-0.15, -0.1) is 0 Å². The molecule has 2 heterocycles. The molecule has 0 saturated heterocycles. The highest BCUT2D eigenvalue weighted by Crippen LogP contribution is 2.24. The summed E-state index contributed by atoms with van der Waals surface area (Å²) >= 11 is 5.85. The Morgan fingerprint density at radius 2 is 2.10 bits per heavy atom. The molecule has 0 saturated carbocycles. The Balaban J connectivity index is 2.51. The summed E-state index contributed by atoms with van der Waals surface area (Å²) in [6.45, 7) is 0. The first-order valence-corrected chi connectivity index (χ1v) is 3.07. The number of halogens is 1. The standard InChI is InChI=1S/C5H3ClN4/c6-5-4(8-3-10-5)1-7-2-9-5/h1-3H. The number of aliphatic imine (C=N–C) groups is 4. The first-order valence-electron chi connectivity index (χ1n) is 2.69. The molecule has 0 aromatic carbocycles. The Kier molecular flexibility index (Phi) is 0.990. The van der Waals surface area contributed by atoms with Crippen molar-refractivity contribution >= 4 is 36.2 Å². The minimum atomic E-state index is -0.998. The molecule has 0 N–H and O–H groups in total. The maximum atomic E-state index is 5.85. The average Bonchev–Trinajstić information content (AvgIpc) is 2.29. The molecule has 2 aliphatic rings. The van der Waals surface area contributed by atoms with Gasteiger partial charge in [0.2, 0.25) is 0 Å². The molecule has 0 aromatic heterocycles. The molecule has 0 spiro atoms. The van der Waals surface area contributed by atoms with Crippen molar-refractivity contribution in [2.75, 3.05) is 0 Å². The Morgan fingerprint density at radius 3 is 2.90 bits per heavy atom. The summed E-state index contributed by atoms with van der Waals surface area (Å²) in [4.78, 5) is 15.3. The zero-order valence-corrected chi connectivity index (χ0v) is 5.65. The fourth-order valence-corrected chi connectivity index (χ4v) is 0.929. The summed E-state index contributed by atoms with van der Waals surface area (Å²) in [6.07, 6.45) is 4.30. The molecule has 4 nitrogen and oxygen atoms in total. The van der Waals surface area contributed by atoms with Crippen LogP contribution in [0.1, 0.15) is 0 Å². The summed E-state index contributed by atoms with van der Waals surface area (Å²) in [7, 11) is 0. The van der Waals surface area contributed by atoms with Crippen LogP contribution in [0.2, 0.25) is 0 Å². The van der Waals surface area contributed by atoms with Crippen LogP contribution in [0.25, 0.3) is 0 Å². The van der Waals surface area contributed by atoms with Gasteiger partial charge in [0.05, 0.1) is 6.21 Å². The number of alkyl halides is 1. The van der Waals surface area contributed by atoms with Crippen LogP contribution in [-0.2, 0) is 0 Å². The topological polar surface area (TPSA) is 49.4 Å². The van der Waals surface area contributed by atoms with Gasteiger partial charge in [-0.2, -0.15) is 0 Å². The van der Waals surface area contributed by atoms with Gasteiger partial charge in [0.15, 0.2) is 0 Å². The molecule has 1 unspecified atom stereocenters. The third-order valence-electron chi connectivity index (χ3n) is 1.24. The van der Waals surface area contributed by atoms with Gasteiger partial charge in [0.1, 0.15) is 18.4 Å². The molecule has 0 aromatic rings. The van der Waals surface area contributed by atoms with E-state index in [-0.39, 0.29) is 0 Å². The van der Waals surface area contributed by atoms with Crippen LogP contribution in [0.5, 0.6) is 0 Å². The molecular weight excluding hydrogens is 152 g/mol. The second kappa shape index (κ2) is 1.73. The molecule has 50 valence electrons. The normalized spacial score (nSPS) is 34.3. The number of fused-ring (bicyclic) bond motifs is 1. The second-order valence-electron chi connectivity index (χ2n) is 1.87. The van der Waals surface area contributed by atoms with E-state index in [1.807, 2.05) is 0 Å². The van der Waals surface area contributed by atoms with E-state index in [2.05, 4.69) is 20.0 Å². The minimum absolute atomic E-state index is 0.580. The molecule has 0 fully saturated rings. The van der Waals surface area contributed by atoms with Crippen LogP contribution in [0, 0.1) is 0 Å². The van der Waals surface area contributed by atoms with Gasteiger partial charge < -0.3 is 0 Å². The largest absolute Gasteiger partial charge is 0.274 e. The van der Waals surface area contributed by atoms with E-state index in [1.165, 1.54) is 12.7 Å². The Hall–Kier alpha value is -1.03. The first kappa shape index (κ1) is 5.73. The fraction of sp³-hybridized carbons (Fsp3) is 0.200. The monoisotopic (exact) mass is 154 g/mol. The van der Waals surface area contributed by atoms with Gasteiger partial charge in [-0.1, -0.05) is 11.6 Å². The third kappa shape index (κ3) is 0.623. The zero-order chi connectivity index (χ0) is 7.03. The van der Waals surface area contributed by atoms with E-state index >= 15 is 0 Å². The number of hydrogen-bond acceptors (Lipinski definition) is 4. The average molecular weight is 155 g/mol. The predicted molar refractivity (Wildman–Crippen MR) is 41.5 cm³/mol. The number of rotatable bonds is 0. The Bertz CT molecular complexity index is 277. The smallest absolute Gasteiger partial charge is 0.243 e. The van der Waals surface area contributed by atoms with Crippen LogP contribution in [-0.4, -0.2) is 29.7 Å². The van der Waals surface area contributed by atoms with E-state index in [1.54, 1.807) is 6.21 Å². The highest BCUT2D eigenvalue weighted by molar-refractivity contribution is 6.52. The third-order valence-corrected chi connectivity index (χ3v) is 1.63. The van der Waals surface area contributed by atoms with Crippen LogP contribution >= 0.6 is 11.6 Å². The molecule has 10 heavy (non-hydrogen) atoms. The quantitative estimate of drug-likeness (QED) is 0.360. The maximum Gasteiger partial charge on any atom is 0.274 e. The lowest BCUT2D eigenvalue weighted by Crippen LogP contribution is -2.28. The van der Waals surface area contributed by atoms with Crippen molar-refractivity contribution in [2.24, 2.45) is 20.0 Å². The molecular formula is C5H3ClN4. The zero-order valence-electron chi connectivity index (χ0n) is 4.90. The maximum absolute atomic E-state index is 5.85. The van der Waals surface area contributed by atoms with Gasteiger partial charge >= 0.3 is 0 Å². The SMILES string of the molecule is ClC12N=CN=CC1=NC=N2. The van der Waals surface area contributed by atoms with Crippen molar-refractivity contribution in [3.63, 3.8) is 0 Å². The van der Waals surface area contributed by atoms with Gasteiger partial charge in [-0.3, -0.25) is 0 Å². The lowest BCUT2D eigenvalue weighted by Gasteiger charge is -2.13. The van der Waals surface area contributed by atoms with Crippen molar-refractivity contribution in [1.29, 1.82) is 0 Å². The molecule has 0 bridgehead atoms. The van der Waals surface area contributed by atoms with Gasteiger partial charge in [-0.05, 0) is 0 Å². The summed E-state index contributed by atoms with van der Waals surface area (Å²) in [5.74, 6) is 0. The predicted octanol–water partition coefficient (Wildman–Crippen LogP) is 0.475. The second-order valence-corrected chi connectivity index (χ2v) is 2.40. The van der Waals surface area contributed by atoms with Gasteiger partial charge in [0, 0.05) is 0 Å². The molecule has 0 amide bonds. The lowest BCUT2D eigenvalue weighted by molar-refractivity contribution is 0.864. The van der Waals surface area contributed by atoms with E-state index < -0.39 is 5.12 Å². The van der Waals surface area contributed by atoms with Crippen molar-refractivity contribution in [3.05, 3.63) is 0 Å². The summed E-state index contributed by atoms with van der Waals surface area (Å²) in [5.41, 5.74) is 0.580. The molecule has 1 atom stereocenters. The number of hydrogen-bond donors (Lipinski definition) is 0. The Morgan fingerprint density at radius 1 is 1.30 bits per heavy atom. The van der Waals surface area contributed by atoms with Gasteiger partial charge in [0.25, 0.3) is 5.12 Å².